The second kappa shape index (κ2) is 6.04. The Labute approximate surface area is 117 Å². The van der Waals surface area contributed by atoms with E-state index < -0.39 is 0 Å². The van der Waals surface area contributed by atoms with E-state index in [2.05, 4.69) is 0 Å². The van der Waals surface area contributed by atoms with E-state index in [0.717, 1.165) is 11.1 Å². The molecular formula is C15H16ClFN2. The van der Waals surface area contributed by atoms with Crippen LogP contribution in [0.1, 0.15) is 11.1 Å². The van der Waals surface area contributed by atoms with Crippen LogP contribution < -0.4 is 10.6 Å². The number of hydrogen-bond donors (Lipinski definition) is 1. The third-order valence-electron chi connectivity index (χ3n) is 3.02. The first-order chi connectivity index (χ1) is 9.11. The van der Waals surface area contributed by atoms with Crippen molar-refractivity contribution in [2.75, 3.05) is 11.9 Å². The zero-order chi connectivity index (χ0) is 13.8. The number of nitrogens with two attached hydrogens (primary N) is 1. The second-order valence-corrected chi connectivity index (χ2v) is 4.84. The summed E-state index contributed by atoms with van der Waals surface area (Å²) in [5.41, 5.74) is 7.78. The summed E-state index contributed by atoms with van der Waals surface area (Å²) >= 11 is 6.11. The third kappa shape index (κ3) is 3.25. The number of anilines is 1. The van der Waals surface area contributed by atoms with Crippen molar-refractivity contribution in [2.45, 2.75) is 13.1 Å². The van der Waals surface area contributed by atoms with E-state index in [-0.39, 0.29) is 5.82 Å². The van der Waals surface area contributed by atoms with Crippen molar-refractivity contribution < 1.29 is 4.39 Å². The minimum absolute atomic E-state index is 0.266. The van der Waals surface area contributed by atoms with E-state index >= 15 is 0 Å². The molecule has 0 radical (unpaired) electrons. The number of benzene rings is 2. The van der Waals surface area contributed by atoms with Crippen LogP contribution in [0.15, 0.2) is 42.5 Å². The van der Waals surface area contributed by atoms with Crippen LogP contribution in [0.25, 0.3) is 0 Å². The van der Waals surface area contributed by atoms with Crippen LogP contribution >= 0.6 is 11.6 Å². The summed E-state index contributed by atoms with van der Waals surface area (Å²) in [5, 5.41) is 0.688. The van der Waals surface area contributed by atoms with E-state index in [9.17, 15) is 4.39 Å². The van der Waals surface area contributed by atoms with Gasteiger partial charge in [-0.15, -0.1) is 0 Å². The van der Waals surface area contributed by atoms with Gasteiger partial charge in [0.15, 0.2) is 0 Å². The zero-order valence-electron chi connectivity index (χ0n) is 10.7. The molecule has 0 aliphatic carbocycles. The molecule has 0 amide bonds. The highest BCUT2D eigenvalue weighted by Crippen LogP contribution is 2.23. The molecule has 0 spiro atoms. The molecule has 0 bridgehead atoms. The van der Waals surface area contributed by atoms with Gasteiger partial charge in [0.1, 0.15) is 5.82 Å². The molecule has 2 aromatic rings. The molecule has 0 aromatic heterocycles. The minimum atomic E-state index is -0.266. The fourth-order valence-electron chi connectivity index (χ4n) is 1.95. The van der Waals surface area contributed by atoms with Crippen molar-refractivity contribution in [3.05, 3.63) is 64.4 Å². The molecule has 0 fully saturated rings. The van der Waals surface area contributed by atoms with Crippen LogP contribution in [0.2, 0.25) is 5.02 Å². The number of halogens is 2. The van der Waals surface area contributed by atoms with Crippen LogP contribution in [0, 0.1) is 5.82 Å². The number of nitrogens with zero attached hydrogens (tertiary/aromatic N) is 1. The zero-order valence-corrected chi connectivity index (χ0v) is 11.5. The highest BCUT2D eigenvalue weighted by molar-refractivity contribution is 6.31. The van der Waals surface area contributed by atoms with Crippen molar-refractivity contribution in [3.63, 3.8) is 0 Å². The van der Waals surface area contributed by atoms with Gasteiger partial charge in [-0.05, 0) is 29.3 Å². The summed E-state index contributed by atoms with van der Waals surface area (Å²) in [6.45, 7) is 0.893. The highest BCUT2D eigenvalue weighted by Gasteiger charge is 2.10. The molecule has 0 saturated carbocycles. The highest BCUT2D eigenvalue weighted by atomic mass is 35.5. The molecule has 0 aliphatic rings. The van der Waals surface area contributed by atoms with Gasteiger partial charge in [-0.1, -0.05) is 35.9 Å². The lowest BCUT2D eigenvalue weighted by atomic mass is 10.1. The van der Waals surface area contributed by atoms with Gasteiger partial charge in [-0.2, -0.15) is 0 Å². The van der Waals surface area contributed by atoms with E-state index in [1.54, 1.807) is 6.07 Å². The molecule has 2 nitrogen and oxygen atoms in total. The van der Waals surface area contributed by atoms with Crippen molar-refractivity contribution in [2.24, 2.45) is 5.73 Å². The number of hydrogen-bond acceptors (Lipinski definition) is 2. The Morgan fingerprint density at radius 2 is 1.95 bits per heavy atom. The van der Waals surface area contributed by atoms with Gasteiger partial charge in [0, 0.05) is 25.2 Å². The van der Waals surface area contributed by atoms with Gasteiger partial charge < -0.3 is 10.6 Å². The van der Waals surface area contributed by atoms with Crippen molar-refractivity contribution >= 4 is 17.3 Å². The van der Waals surface area contributed by atoms with Crippen LogP contribution in [0.4, 0.5) is 10.1 Å². The molecular weight excluding hydrogens is 263 g/mol. The Morgan fingerprint density at radius 3 is 2.58 bits per heavy atom. The Bertz CT molecular complexity index is 572. The van der Waals surface area contributed by atoms with Crippen LogP contribution in [0.5, 0.6) is 0 Å². The molecule has 0 aliphatic heterocycles. The van der Waals surface area contributed by atoms with Gasteiger partial charge in [0.25, 0.3) is 0 Å². The fraction of sp³-hybridized carbons (Fsp3) is 0.200. The van der Waals surface area contributed by atoms with Crippen LogP contribution in [-0.4, -0.2) is 7.05 Å². The quantitative estimate of drug-likeness (QED) is 0.926. The van der Waals surface area contributed by atoms with Crippen molar-refractivity contribution in [3.8, 4) is 0 Å². The Morgan fingerprint density at radius 1 is 1.21 bits per heavy atom. The van der Waals surface area contributed by atoms with E-state index in [4.69, 9.17) is 17.3 Å². The smallest absolute Gasteiger partial charge is 0.146 e. The predicted molar refractivity (Wildman–Crippen MR) is 77.9 cm³/mol. The van der Waals surface area contributed by atoms with Crippen LogP contribution in [0.3, 0.4) is 0 Å². The van der Waals surface area contributed by atoms with Crippen LogP contribution in [-0.2, 0) is 13.1 Å². The molecule has 19 heavy (non-hydrogen) atoms. The molecule has 4 heteroatoms. The molecule has 2 N–H and O–H groups in total. The first kappa shape index (κ1) is 13.8. The van der Waals surface area contributed by atoms with Gasteiger partial charge >= 0.3 is 0 Å². The lowest BCUT2D eigenvalue weighted by Crippen LogP contribution is -2.18. The summed E-state index contributed by atoms with van der Waals surface area (Å²) in [7, 11) is 1.84. The summed E-state index contributed by atoms with van der Waals surface area (Å²) in [6, 6.07) is 12.6. The maximum absolute atomic E-state index is 14.0. The van der Waals surface area contributed by atoms with Gasteiger partial charge in [-0.25, -0.2) is 4.39 Å². The first-order valence-electron chi connectivity index (χ1n) is 6.05. The van der Waals surface area contributed by atoms with Gasteiger partial charge in [0.2, 0.25) is 0 Å². The lowest BCUT2D eigenvalue weighted by Gasteiger charge is -2.21. The average Bonchev–Trinajstić information content (AvgIpc) is 2.41. The van der Waals surface area contributed by atoms with E-state index in [1.165, 1.54) is 6.07 Å². The maximum Gasteiger partial charge on any atom is 0.146 e. The second-order valence-electron chi connectivity index (χ2n) is 4.44. The third-order valence-corrected chi connectivity index (χ3v) is 3.39. The monoisotopic (exact) mass is 278 g/mol. The fourth-order valence-corrected chi connectivity index (χ4v) is 2.15. The largest absolute Gasteiger partial charge is 0.368 e. The lowest BCUT2D eigenvalue weighted by molar-refractivity contribution is 0.620. The van der Waals surface area contributed by atoms with Crippen molar-refractivity contribution in [1.82, 2.24) is 0 Å². The molecule has 2 rings (SSSR count). The molecule has 2 aromatic carbocycles. The van der Waals surface area contributed by atoms with Gasteiger partial charge in [-0.3, -0.25) is 0 Å². The molecule has 0 saturated heterocycles. The average molecular weight is 279 g/mol. The molecule has 0 unspecified atom stereocenters. The normalized spacial score (nSPS) is 10.5. The standard InChI is InChI=1S/C15H16ClFN2/c1-19(10-12-4-2-3-5-13(12)16)15-7-6-11(9-18)8-14(15)17/h2-8H,9-10,18H2,1H3. The number of rotatable bonds is 4. The SMILES string of the molecule is CN(Cc1ccccc1Cl)c1ccc(CN)cc1F. The molecule has 100 valence electrons. The summed E-state index contributed by atoms with van der Waals surface area (Å²) in [6.07, 6.45) is 0. The van der Waals surface area contributed by atoms with Gasteiger partial charge in [0.05, 0.1) is 5.69 Å². The Kier molecular flexibility index (Phi) is 4.40. The first-order valence-corrected chi connectivity index (χ1v) is 6.42. The predicted octanol–water partition coefficient (Wildman–Crippen LogP) is 3.57. The minimum Gasteiger partial charge on any atom is -0.368 e. The topological polar surface area (TPSA) is 29.3 Å². The summed E-state index contributed by atoms with van der Waals surface area (Å²) in [5.74, 6) is -0.266. The summed E-state index contributed by atoms with van der Waals surface area (Å²) in [4.78, 5) is 1.83. The summed E-state index contributed by atoms with van der Waals surface area (Å²) < 4.78 is 14.0. The molecule has 0 atom stereocenters. The van der Waals surface area contributed by atoms with E-state index in [1.807, 2.05) is 42.3 Å². The Balaban J connectivity index is 2.21. The maximum atomic E-state index is 14.0. The molecule has 0 heterocycles. The Hall–Kier alpha value is -1.58. The van der Waals surface area contributed by atoms with Crippen molar-refractivity contribution in [1.29, 1.82) is 0 Å². The van der Waals surface area contributed by atoms with E-state index in [0.29, 0.717) is 23.8 Å².